The zero-order valence-corrected chi connectivity index (χ0v) is 18.3. The third-order valence-corrected chi connectivity index (χ3v) is 1.56. The molecule has 26 heavy (non-hydrogen) atoms. The molecule has 0 atom stereocenters. The highest BCUT2D eigenvalue weighted by Crippen LogP contribution is 2.14. The molecule has 8 heteroatoms. The van der Waals surface area contributed by atoms with Crippen molar-refractivity contribution in [3.8, 4) is 0 Å². The molecule has 0 spiro atoms. The Bertz CT molecular complexity index is 327. The average Bonchev–Trinajstić information content (AvgIpc) is 2.20. The summed E-state index contributed by atoms with van der Waals surface area (Å²) in [6.45, 7) is 21.6. The molecule has 0 heterocycles. The molecule has 158 valence electrons. The van der Waals surface area contributed by atoms with Gasteiger partial charge < -0.3 is 18.9 Å². The van der Waals surface area contributed by atoms with Crippen molar-refractivity contribution in [2.24, 2.45) is 0 Å². The maximum atomic E-state index is 11.0. The second-order valence-electron chi connectivity index (χ2n) is 9.36. The van der Waals surface area contributed by atoms with Gasteiger partial charge in [0.05, 0.1) is 0 Å². The largest absolute Gasteiger partial charge is 0.509 e. The van der Waals surface area contributed by atoms with Crippen LogP contribution in [0.15, 0.2) is 0 Å². The van der Waals surface area contributed by atoms with Gasteiger partial charge in [0.25, 0.3) is 0 Å². The third-order valence-electron chi connectivity index (χ3n) is 1.56. The minimum absolute atomic E-state index is 0.484. The van der Waals surface area contributed by atoms with E-state index in [-0.39, 0.29) is 0 Å². The van der Waals surface area contributed by atoms with Crippen LogP contribution in [-0.2, 0) is 18.9 Å². The third kappa shape index (κ3) is 30.4. The van der Waals surface area contributed by atoms with Gasteiger partial charge in [0.2, 0.25) is 0 Å². The molecule has 0 aliphatic rings. The number of hydrogen-bond acceptors (Lipinski definition) is 8. The predicted octanol–water partition coefficient (Wildman–Crippen LogP) is 5.49. The van der Waals surface area contributed by atoms with Gasteiger partial charge in [-0.15, -0.1) is 0 Å². The van der Waals surface area contributed by atoms with Gasteiger partial charge in [0, 0.05) is 0 Å². The van der Waals surface area contributed by atoms with Crippen LogP contribution in [0.5, 0.6) is 0 Å². The van der Waals surface area contributed by atoms with Crippen LogP contribution in [-0.4, -0.2) is 45.2 Å². The van der Waals surface area contributed by atoms with Gasteiger partial charge in [-0.25, -0.2) is 9.59 Å². The monoisotopic (exact) mass is 382 g/mol. The molecule has 0 saturated carbocycles. The summed E-state index contributed by atoms with van der Waals surface area (Å²) in [5.74, 6) is 0. The van der Waals surface area contributed by atoms with Crippen molar-refractivity contribution < 1.29 is 39.1 Å². The number of hydrogen-bond donors (Lipinski definition) is 2. The molecule has 0 rings (SSSR count). The van der Waals surface area contributed by atoms with E-state index in [0.29, 0.717) is 0 Å². The van der Waals surface area contributed by atoms with Crippen LogP contribution in [0.2, 0.25) is 0 Å². The first-order valence-corrected chi connectivity index (χ1v) is 8.24. The Labute approximate surface area is 157 Å². The summed E-state index contributed by atoms with van der Waals surface area (Å²) in [6, 6.07) is 0. The van der Waals surface area contributed by atoms with Gasteiger partial charge in [-0.1, -0.05) is 0 Å². The van der Waals surface area contributed by atoms with Crippen molar-refractivity contribution >= 4 is 12.3 Å². The molecule has 0 amide bonds. The van der Waals surface area contributed by atoms with Crippen LogP contribution in [0.3, 0.4) is 0 Å². The first-order chi connectivity index (χ1) is 11.2. The summed E-state index contributed by atoms with van der Waals surface area (Å²) >= 11 is 0. The number of carbonyl (C=O) groups excluding carboxylic acids is 2. The Morgan fingerprint density at radius 1 is 0.462 bits per heavy atom. The van der Waals surface area contributed by atoms with Crippen LogP contribution in [0.4, 0.5) is 9.59 Å². The lowest BCUT2D eigenvalue weighted by Crippen LogP contribution is -2.30. The van der Waals surface area contributed by atoms with Crippen LogP contribution < -0.4 is 0 Å². The van der Waals surface area contributed by atoms with E-state index in [1.807, 2.05) is 0 Å². The van der Waals surface area contributed by atoms with Crippen LogP contribution in [0, 0.1) is 0 Å². The Kier molecular flexibility index (Phi) is 12.6. The first-order valence-electron chi connectivity index (χ1n) is 8.24. The molecule has 0 aromatic heterocycles. The van der Waals surface area contributed by atoms with E-state index < -0.39 is 34.7 Å². The zero-order chi connectivity index (χ0) is 22.0. The summed E-state index contributed by atoms with van der Waals surface area (Å²) in [5.41, 5.74) is -1.94. The number of carbonyl (C=O) groups is 2. The highest BCUT2D eigenvalue weighted by atomic mass is 17.0. The molecule has 0 bridgehead atoms. The SMILES string of the molecule is CC(C)(C)OC(=O)OC(C)(C)C.CC(C)(C)OC(=O)OC(C)(C)C.OO. The second kappa shape index (κ2) is 11.2. The average molecular weight is 382 g/mol. The van der Waals surface area contributed by atoms with Gasteiger partial charge in [-0.3, -0.25) is 10.5 Å². The molecular weight excluding hydrogens is 344 g/mol. The molecule has 0 aliphatic heterocycles. The fourth-order valence-electron chi connectivity index (χ4n) is 1.04. The van der Waals surface area contributed by atoms with Gasteiger partial charge in [-0.05, 0) is 83.1 Å². The lowest BCUT2D eigenvalue weighted by Gasteiger charge is -2.24. The van der Waals surface area contributed by atoms with E-state index in [0.717, 1.165) is 0 Å². The Morgan fingerprint density at radius 2 is 0.577 bits per heavy atom. The van der Waals surface area contributed by atoms with Crippen LogP contribution in [0.1, 0.15) is 83.1 Å². The highest BCUT2D eigenvalue weighted by Gasteiger charge is 2.23. The number of rotatable bonds is 0. The van der Waals surface area contributed by atoms with E-state index in [2.05, 4.69) is 0 Å². The molecular formula is C18H38O8. The van der Waals surface area contributed by atoms with Crippen molar-refractivity contribution in [1.82, 2.24) is 0 Å². The topological polar surface area (TPSA) is 112 Å². The molecule has 0 fully saturated rings. The highest BCUT2D eigenvalue weighted by molar-refractivity contribution is 5.61. The van der Waals surface area contributed by atoms with Crippen molar-refractivity contribution in [3.05, 3.63) is 0 Å². The maximum Gasteiger partial charge on any atom is 0.509 e. The molecule has 0 saturated heterocycles. The standard InChI is InChI=1S/2C9H18O3.H2O2/c2*1-8(2,3)11-7(10)12-9(4,5)6;1-2/h2*1-6H3;1-2H. The fourth-order valence-corrected chi connectivity index (χ4v) is 1.04. The molecule has 0 aromatic rings. The van der Waals surface area contributed by atoms with E-state index >= 15 is 0 Å². The second-order valence-corrected chi connectivity index (χ2v) is 9.36. The molecule has 0 unspecified atom stereocenters. The predicted molar refractivity (Wildman–Crippen MR) is 99.4 cm³/mol. The Morgan fingerprint density at radius 3 is 0.654 bits per heavy atom. The van der Waals surface area contributed by atoms with Crippen molar-refractivity contribution in [2.45, 2.75) is 105 Å². The normalized spacial score (nSPS) is 11.8. The molecule has 0 aliphatic carbocycles. The Hall–Kier alpha value is -1.54. The lowest BCUT2D eigenvalue weighted by molar-refractivity contribution is -0.176. The minimum Gasteiger partial charge on any atom is -0.429 e. The molecule has 8 nitrogen and oxygen atoms in total. The van der Waals surface area contributed by atoms with E-state index in [1.165, 1.54) is 0 Å². The summed E-state index contributed by atoms with van der Waals surface area (Å²) in [5, 5.41) is 12.0. The summed E-state index contributed by atoms with van der Waals surface area (Å²) in [6.07, 6.45) is -1.23. The molecule has 0 aromatic carbocycles. The Balaban J connectivity index is -0.000000371. The maximum absolute atomic E-state index is 11.0. The van der Waals surface area contributed by atoms with E-state index in [9.17, 15) is 9.59 Å². The summed E-state index contributed by atoms with van der Waals surface area (Å²) < 4.78 is 19.8. The summed E-state index contributed by atoms with van der Waals surface area (Å²) in [4.78, 5) is 22.1. The fraction of sp³-hybridized carbons (Fsp3) is 0.889. The van der Waals surface area contributed by atoms with Gasteiger partial charge in [0.15, 0.2) is 0 Å². The van der Waals surface area contributed by atoms with Crippen molar-refractivity contribution in [1.29, 1.82) is 0 Å². The van der Waals surface area contributed by atoms with E-state index in [1.54, 1.807) is 83.1 Å². The lowest BCUT2D eigenvalue weighted by atomic mass is 10.2. The van der Waals surface area contributed by atoms with Crippen LogP contribution >= 0.6 is 0 Å². The van der Waals surface area contributed by atoms with E-state index in [4.69, 9.17) is 29.5 Å². The minimum atomic E-state index is -0.616. The molecule has 0 radical (unpaired) electrons. The summed E-state index contributed by atoms with van der Waals surface area (Å²) in [7, 11) is 0. The van der Waals surface area contributed by atoms with Crippen molar-refractivity contribution in [2.75, 3.05) is 0 Å². The van der Waals surface area contributed by atoms with Gasteiger partial charge in [-0.2, -0.15) is 0 Å². The van der Waals surface area contributed by atoms with Gasteiger partial charge in [0.1, 0.15) is 22.4 Å². The zero-order valence-electron chi connectivity index (χ0n) is 18.3. The number of ether oxygens (including phenoxy) is 4. The van der Waals surface area contributed by atoms with Crippen LogP contribution in [0.25, 0.3) is 0 Å². The first kappa shape index (κ1) is 29.2. The smallest absolute Gasteiger partial charge is 0.429 e. The molecule has 2 N–H and O–H groups in total. The van der Waals surface area contributed by atoms with Gasteiger partial charge >= 0.3 is 12.3 Å². The quantitative estimate of drug-likeness (QED) is 0.321. The van der Waals surface area contributed by atoms with Crippen molar-refractivity contribution in [3.63, 3.8) is 0 Å².